The molecule has 0 atom stereocenters. The molecule has 0 bridgehead atoms. The third kappa shape index (κ3) is 4.29. The van der Waals surface area contributed by atoms with Gasteiger partial charge in [-0.05, 0) is 33.2 Å². The van der Waals surface area contributed by atoms with Gasteiger partial charge >= 0.3 is 0 Å². The minimum absolute atomic E-state index is 0.785. The van der Waals surface area contributed by atoms with Crippen LogP contribution in [0.5, 0.6) is 5.75 Å². The molecule has 5 nitrogen and oxygen atoms in total. The van der Waals surface area contributed by atoms with Gasteiger partial charge in [0.2, 0.25) is 0 Å². The number of hydrogen-bond donors (Lipinski definition) is 1. The molecule has 0 amide bonds. The molecule has 0 spiro atoms. The van der Waals surface area contributed by atoms with Crippen molar-refractivity contribution < 1.29 is 4.74 Å². The summed E-state index contributed by atoms with van der Waals surface area (Å²) < 4.78 is 7.53. The summed E-state index contributed by atoms with van der Waals surface area (Å²) >= 11 is 0. The molecular formula is C16H24N4O. The van der Waals surface area contributed by atoms with Crippen LogP contribution in [-0.2, 0) is 13.1 Å². The first-order valence-corrected chi connectivity index (χ1v) is 7.38. The van der Waals surface area contributed by atoms with Crippen LogP contribution >= 0.6 is 0 Å². The standard InChI is InChI=1S/C16H24N4O/c1-13-10-19-15(14(2)16(13)21-3)11-17-6-4-5-8-20-9-7-18-12-20/h7,9-10,12,17H,4-6,8,11H2,1-3H3. The number of ether oxygens (including phenoxy) is 1. The van der Waals surface area contributed by atoms with Crippen LogP contribution in [0, 0.1) is 13.8 Å². The second-order valence-corrected chi connectivity index (χ2v) is 5.23. The van der Waals surface area contributed by atoms with Crippen molar-refractivity contribution in [3.63, 3.8) is 0 Å². The smallest absolute Gasteiger partial charge is 0.128 e. The van der Waals surface area contributed by atoms with Crippen LogP contribution in [0.2, 0.25) is 0 Å². The van der Waals surface area contributed by atoms with E-state index in [9.17, 15) is 0 Å². The summed E-state index contributed by atoms with van der Waals surface area (Å²) in [5, 5.41) is 3.45. The normalized spacial score (nSPS) is 10.8. The number of nitrogens with zero attached hydrogens (tertiary/aromatic N) is 3. The number of nitrogens with one attached hydrogen (secondary N) is 1. The summed E-state index contributed by atoms with van der Waals surface area (Å²) in [4.78, 5) is 8.53. The van der Waals surface area contributed by atoms with Gasteiger partial charge < -0.3 is 14.6 Å². The zero-order valence-electron chi connectivity index (χ0n) is 13.1. The predicted octanol–water partition coefficient (Wildman–Crippen LogP) is 2.47. The van der Waals surface area contributed by atoms with E-state index in [2.05, 4.69) is 26.8 Å². The van der Waals surface area contributed by atoms with Crippen LogP contribution in [0.4, 0.5) is 0 Å². The highest BCUT2D eigenvalue weighted by molar-refractivity contribution is 5.40. The molecule has 0 unspecified atom stereocenters. The van der Waals surface area contributed by atoms with E-state index < -0.39 is 0 Å². The van der Waals surface area contributed by atoms with Gasteiger partial charge in [-0.15, -0.1) is 0 Å². The number of unbranched alkanes of at least 4 members (excludes halogenated alkanes) is 1. The molecule has 114 valence electrons. The topological polar surface area (TPSA) is 52.0 Å². The van der Waals surface area contributed by atoms with Crippen molar-refractivity contribution in [2.24, 2.45) is 0 Å². The maximum atomic E-state index is 5.43. The molecule has 2 aromatic rings. The Hall–Kier alpha value is -1.88. The predicted molar refractivity (Wildman–Crippen MR) is 83.4 cm³/mol. The second kappa shape index (κ2) is 7.78. The summed E-state index contributed by atoms with van der Waals surface area (Å²) in [5.41, 5.74) is 3.27. The number of hydrogen-bond acceptors (Lipinski definition) is 4. The molecule has 2 heterocycles. The first-order valence-electron chi connectivity index (χ1n) is 7.38. The van der Waals surface area contributed by atoms with E-state index in [4.69, 9.17) is 4.74 Å². The van der Waals surface area contributed by atoms with Crippen molar-refractivity contribution in [1.29, 1.82) is 0 Å². The van der Waals surface area contributed by atoms with Crippen LogP contribution in [0.15, 0.2) is 24.9 Å². The Kier molecular flexibility index (Phi) is 5.75. The van der Waals surface area contributed by atoms with Crippen LogP contribution in [-0.4, -0.2) is 28.2 Å². The van der Waals surface area contributed by atoms with Gasteiger partial charge in [-0.1, -0.05) is 0 Å². The lowest BCUT2D eigenvalue weighted by Gasteiger charge is -2.12. The molecule has 1 N–H and O–H groups in total. The van der Waals surface area contributed by atoms with Crippen molar-refractivity contribution in [3.8, 4) is 5.75 Å². The minimum Gasteiger partial charge on any atom is -0.496 e. The van der Waals surface area contributed by atoms with Gasteiger partial charge in [0.1, 0.15) is 5.75 Å². The second-order valence-electron chi connectivity index (χ2n) is 5.23. The number of pyridine rings is 1. The maximum absolute atomic E-state index is 5.43. The molecule has 0 aliphatic carbocycles. The molecule has 0 saturated heterocycles. The number of aromatic nitrogens is 3. The summed E-state index contributed by atoms with van der Waals surface area (Å²) in [6, 6.07) is 0. The van der Waals surface area contributed by atoms with E-state index in [0.717, 1.165) is 55.0 Å². The van der Waals surface area contributed by atoms with Crippen LogP contribution < -0.4 is 10.1 Å². The first kappa shape index (κ1) is 15.5. The van der Waals surface area contributed by atoms with Gasteiger partial charge in [-0.3, -0.25) is 4.98 Å². The maximum Gasteiger partial charge on any atom is 0.128 e. The van der Waals surface area contributed by atoms with E-state index in [1.807, 2.05) is 31.8 Å². The summed E-state index contributed by atoms with van der Waals surface area (Å²) in [6.45, 7) is 6.89. The van der Waals surface area contributed by atoms with Crippen molar-refractivity contribution in [1.82, 2.24) is 19.9 Å². The summed E-state index contributed by atoms with van der Waals surface area (Å²) in [7, 11) is 1.71. The molecule has 0 radical (unpaired) electrons. The van der Waals surface area contributed by atoms with E-state index in [-0.39, 0.29) is 0 Å². The van der Waals surface area contributed by atoms with Gasteiger partial charge in [-0.25, -0.2) is 4.98 Å². The first-order chi connectivity index (χ1) is 10.2. The molecule has 5 heteroatoms. The quantitative estimate of drug-likeness (QED) is 0.758. The van der Waals surface area contributed by atoms with Crippen LogP contribution in [0.25, 0.3) is 0 Å². The largest absolute Gasteiger partial charge is 0.496 e. The number of aryl methyl sites for hydroxylation is 2. The fraction of sp³-hybridized carbons (Fsp3) is 0.500. The molecule has 0 aliphatic rings. The lowest BCUT2D eigenvalue weighted by atomic mass is 10.1. The van der Waals surface area contributed by atoms with Gasteiger partial charge in [0, 0.05) is 42.8 Å². The van der Waals surface area contributed by atoms with Gasteiger partial charge in [0.15, 0.2) is 0 Å². The Bertz CT molecular complexity index is 552. The third-order valence-corrected chi connectivity index (χ3v) is 3.62. The molecular weight excluding hydrogens is 264 g/mol. The Morgan fingerprint density at radius 2 is 2.14 bits per heavy atom. The molecule has 0 aromatic carbocycles. The Morgan fingerprint density at radius 3 is 2.86 bits per heavy atom. The highest BCUT2D eigenvalue weighted by atomic mass is 16.5. The minimum atomic E-state index is 0.785. The average molecular weight is 288 g/mol. The molecule has 0 aliphatic heterocycles. The van der Waals surface area contributed by atoms with Crippen molar-refractivity contribution in [2.45, 2.75) is 39.8 Å². The van der Waals surface area contributed by atoms with E-state index in [1.54, 1.807) is 7.11 Å². The lowest BCUT2D eigenvalue weighted by Crippen LogP contribution is -2.17. The number of methoxy groups -OCH3 is 1. The monoisotopic (exact) mass is 288 g/mol. The number of imidazole rings is 1. The summed E-state index contributed by atoms with van der Waals surface area (Å²) in [5.74, 6) is 0.946. The number of rotatable bonds is 8. The zero-order chi connectivity index (χ0) is 15.1. The average Bonchev–Trinajstić information content (AvgIpc) is 2.98. The fourth-order valence-electron chi connectivity index (χ4n) is 2.42. The van der Waals surface area contributed by atoms with Crippen molar-refractivity contribution >= 4 is 0 Å². The summed E-state index contributed by atoms with van der Waals surface area (Å²) in [6.07, 6.45) is 9.84. The Labute approximate surface area is 126 Å². The molecule has 0 saturated carbocycles. The van der Waals surface area contributed by atoms with E-state index in [0.29, 0.717) is 0 Å². The molecule has 2 aromatic heterocycles. The van der Waals surface area contributed by atoms with Gasteiger partial charge in [0.05, 0.1) is 19.1 Å². The molecule has 2 rings (SSSR count). The SMILES string of the molecule is COc1c(C)cnc(CNCCCCn2ccnc2)c1C. The third-order valence-electron chi connectivity index (χ3n) is 3.62. The van der Waals surface area contributed by atoms with Gasteiger partial charge in [-0.2, -0.15) is 0 Å². The van der Waals surface area contributed by atoms with Crippen LogP contribution in [0.1, 0.15) is 29.7 Å². The Balaban J connectivity index is 1.71. The highest BCUT2D eigenvalue weighted by Crippen LogP contribution is 2.23. The molecule has 21 heavy (non-hydrogen) atoms. The molecule has 0 fully saturated rings. The Morgan fingerprint density at radius 1 is 1.29 bits per heavy atom. The van der Waals surface area contributed by atoms with E-state index >= 15 is 0 Å². The lowest BCUT2D eigenvalue weighted by molar-refractivity contribution is 0.406. The van der Waals surface area contributed by atoms with Crippen LogP contribution in [0.3, 0.4) is 0 Å². The van der Waals surface area contributed by atoms with Crippen molar-refractivity contribution in [2.75, 3.05) is 13.7 Å². The zero-order valence-corrected chi connectivity index (χ0v) is 13.1. The fourth-order valence-corrected chi connectivity index (χ4v) is 2.42. The highest BCUT2D eigenvalue weighted by Gasteiger charge is 2.08. The van der Waals surface area contributed by atoms with Crippen molar-refractivity contribution in [3.05, 3.63) is 41.7 Å². The van der Waals surface area contributed by atoms with E-state index in [1.165, 1.54) is 0 Å². The van der Waals surface area contributed by atoms with Gasteiger partial charge in [0.25, 0.3) is 0 Å².